The molecule has 0 unspecified atom stereocenters. The number of thioether (sulfide) groups is 1. The highest BCUT2D eigenvalue weighted by atomic mass is 32.2. The van der Waals surface area contributed by atoms with Crippen molar-refractivity contribution >= 4 is 11.8 Å². The van der Waals surface area contributed by atoms with Gasteiger partial charge < -0.3 is 5.32 Å². The summed E-state index contributed by atoms with van der Waals surface area (Å²) in [5.74, 6) is 3.17. The Hall–Kier alpha value is -0.980. The Kier molecular flexibility index (Phi) is 3.65. The monoisotopic (exact) mass is 218 g/mol. The Labute approximate surface area is 94.7 Å². The zero-order chi connectivity index (χ0) is 10.5. The van der Waals surface area contributed by atoms with Crippen LogP contribution in [-0.2, 0) is 5.75 Å². The summed E-state index contributed by atoms with van der Waals surface area (Å²) in [5.41, 5.74) is 2.05. The first-order valence-corrected chi connectivity index (χ1v) is 6.31. The third-order valence-corrected chi connectivity index (χ3v) is 3.82. The molecule has 0 amide bonds. The van der Waals surface area contributed by atoms with Gasteiger partial charge in [0, 0.05) is 5.75 Å². The van der Waals surface area contributed by atoms with Crippen LogP contribution in [-0.4, -0.2) is 18.8 Å². The molecule has 2 nitrogen and oxygen atoms in total. The summed E-state index contributed by atoms with van der Waals surface area (Å²) < 4.78 is 0. The van der Waals surface area contributed by atoms with E-state index in [1.165, 1.54) is 24.4 Å². The van der Waals surface area contributed by atoms with Crippen molar-refractivity contribution in [3.05, 3.63) is 35.4 Å². The predicted octanol–water partition coefficient (Wildman–Crippen LogP) is 2.01. The van der Waals surface area contributed by atoms with E-state index in [1.54, 1.807) is 0 Å². The Morgan fingerprint density at radius 1 is 1.33 bits per heavy atom. The summed E-state index contributed by atoms with van der Waals surface area (Å²) in [5, 5.41) is 11.9. The van der Waals surface area contributed by atoms with E-state index in [0.29, 0.717) is 0 Å². The topological polar surface area (TPSA) is 35.8 Å². The molecule has 0 radical (unpaired) electrons. The van der Waals surface area contributed by atoms with Crippen molar-refractivity contribution in [1.29, 1.82) is 5.26 Å². The predicted molar refractivity (Wildman–Crippen MR) is 63.7 cm³/mol. The van der Waals surface area contributed by atoms with E-state index in [0.717, 1.165) is 17.2 Å². The first-order valence-electron chi connectivity index (χ1n) is 5.16. The Bertz CT molecular complexity index is 349. The molecule has 1 aliphatic heterocycles. The second-order valence-electron chi connectivity index (χ2n) is 3.85. The first kappa shape index (κ1) is 10.5. The van der Waals surface area contributed by atoms with Crippen LogP contribution in [0.5, 0.6) is 0 Å². The standard InChI is InChI=1S/C12H14N2S/c13-5-10-1-3-11(4-2-10)8-15-9-12-6-14-7-12/h1-4,12,14H,6-9H2. The lowest BCUT2D eigenvalue weighted by molar-refractivity contribution is 0.385. The molecule has 1 aromatic rings. The van der Waals surface area contributed by atoms with E-state index in [-0.39, 0.29) is 0 Å². The van der Waals surface area contributed by atoms with Gasteiger partial charge in [-0.15, -0.1) is 0 Å². The highest BCUT2D eigenvalue weighted by Crippen LogP contribution is 2.17. The number of benzene rings is 1. The molecule has 1 aliphatic rings. The van der Waals surface area contributed by atoms with E-state index in [2.05, 4.69) is 11.4 Å². The lowest BCUT2D eigenvalue weighted by Crippen LogP contribution is -2.43. The molecule has 0 bridgehead atoms. The van der Waals surface area contributed by atoms with Gasteiger partial charge in [0.25, 0.3) is 0 Å². The summed E-state index contributed by atoms with van der Waals surface area (Å²) in [6, 6.07) is 10.0. The first-order chi connectivity index (χ1) is 7.38. The second-order valence-corrected chi connectivity index (χ2v) is 4.88. The van der Waals surface area contributed by atoms with Crippen LogP contribution >= 0.6 is 11.8 Å². The Morgan fingerprint density at radius 2 is 2.07 bits per heavy atom. The van der Waals surface area contributed by atoms with Gasteiger partial charge in [-0.2, -0.15) is 17.0 Å². The summed E-state index contributed by atoms with van der Waals surface area (Å²) in [7, 11) is 0. The van der Waals surface area contributed by atoms with Crippen molar-refractivity contribution in [2.45, 2.75) is 5.75 Å². The largest absolute Gasteiger partial charge is 0.316 e. The Morgan fingerprint density at radius 3 is 2.60 bits per heavy atom. The fraction of sp³-hybridized carbons (Fsp3) is 0.417. The van der Waals surface area contributed by atoms with Gasteiger partial charge in [-0.1, -0.05) is 12.1 Å². The van der Waals surface area contributed by atoms with Crippen LogP contribution in [0.25, 0.3) is 0 Å². The average Bonchev–Trinajstić information content (AvgIpc) is 2.23. The maximum absolute atomic E-state index is 8.65. The molecule has 0 aliphatic carbocycles. The zero-order valence-corrected chi connectivity index (χ0v) is 9.39. The van der Waals surface area contributed by atoms with Gasteiger partial charge in [-0.25, -0.2) is 0 Å². The molecule has 0 spiro atoms. The molecule has 1 heterocycles. The van der Waals surface area contributed by atoms with Crippen LogP contribution in [0, 0.1) is 17.2 Å². The van der Waals surface area contributed by atoms with Gasteiger partial charge in [0.15, 0.2) is 0 Å². The summed E-state index contributed by atoms with van der Waals surface area (Å²) >= 11 is 1.98. The highest BCUT2D eigenvalue weighted by Gasteiger charge is 2.15. The van der Waals surface area contributed by atoms with Crippen molar-refractivity contribution in [3.63, 3.8) is 0 Å². The lowest BCUT2D eigenvalue weighted by Gasteiger charge is -2.26. The van der Waals surface area contributed by atoms with Crippen molar-refractivity contribution in [2.75, 3.05) is 18.8 Å². The molecule has 0 atom stereocenters. The van der Waals surface area contributed by atoms with E-state index in [4.69, 9.17) is 5.26 Å². The molecule has 2 rings (SSSR count). The summed E-state index contributed by atoms with van der Waals surface area (Å²) in [6.45, 7) is 2.36. The van der Waals surface area contributed by atoms with Crippen LogP contribution in [0.3, 0.4) is 0 Å². The minimum absolute atomic E-state index is 0.743. The van der Waals surface area contributed by atoms with E-state index in [1.807, 2.05) is 36.0 Å². The SMILES string of the molecule is N#Cc1ccc(CSCC2CNC2)cc1. The molecular weight excluding hydrogens is 204 g/mol. The molecule has 15 heavy (non-hydrogen) atoms. The molecule has 1 fully saturated rings. The smallest absolute Gasteiger partial charge is 0.0991 e. The van der Waals surface area contributed by atoms with Gasteiger partial charge in [-0.3, -0.25) is 0 Å². The number of nitriles is 1. The summed E-state index contributed by atoms with van der Waals surface area (Å²) in [6.07, 6.45) is 0. The molecule has 1 N–H and O–H groups in total. The van der Waals surface area contributed by atoms with Gasteiger partial charge >= 0.3 is 0 Å². The third kappa shape index (κ3) is 2.98. The number of rotatable bonds is 4. The molecule has 1 aromatic carbocycles. The van der Waals surface area contributed by atoms with Gasteiger partial charge in [0.1, 0.15) is 0 Å². The maximum atomic E-state index is 8.65. The van der Waals surface area contributed by atoms with Crippen molar-refractivity contribution in [1.82, 2.24) is 5.32 Å². The van der Waals surface area contributed by atoms with Gasteiger partial charge in [-0.05, 0) is 42.5 Å². The van der Waals surface area contributed by atoms with Crippen LogP contribution < -0.4 is 5.32 Å². The molecule has 0 saturated carbocycles. The van der Waals surface area contributed by atoms with E-state index in [9.17, 15) is 0 Å². The average molecular weight is 218 g/mol. The van der Waals surface area contributed by atoms with Crippen LogP contribution in [0.1, 0.15) is 11.1 Å². The molecule has 78 valence electrons. The molecule has 0 aromatic heterocycles. The highest BCUT2D eigenvalue weighted by molar-refractivity contribution is 7.98. The normalized spacial score (nSPS) is 15.7. The van der Waals surface area contributed by atoms with Gasteiger partial charge in [0.2, 0.25) is 0 Å². The third-order valence-electron chi connectivity index (χ3n) is 2.57. The van der Waals surface area contributed by atoms with E-state index >= 15 is 0 Å². The number of nitrogens with one attached hydrogen (secondary N) is 1. The molecule has 3 heteroatoms. The van der Waals surface area contributed by atoms with Crippen molar-refractivity contribution in [2.24, 2.45) is 5.92 Å². The number of hydrogen-bond donors (Lipinski definition) is 1. The van der Waals surface area contributed by atoms with Crippen LogP contribution in [0.15, 0.2) is 24.3 Å². The molecular formula is C12H14N2S. The van der Waals surface area contributed by atoms with Crippen LogP contribution in [0.2, 0.25) is 0 Å². The summed E-state index contributed by atoms with van der Waals surface area (Å²) in [4.78, 5) is 0. The van der Waals surface area contributed by atoms with E-state index < -0.39 is 0 Å². The fourth-order valence-corrected chi connectivity index (χ4v) is 2.60. The zero-order valence-electron chi connectivity index (χ0n) is 8.57. The second kappa shape index (κ2) is 5.20. The van der Waals surface area contributed by atoms with Crippen LogP contribution in [0.4, 0.5) is 0 Å². The van der Waals surface area contributed by atoms with Crippen molar-refractivity contribution < 1.29 is 0 Å². The minimum Gasteiger partial charge on any atom is -0.316 e. The Balaban J connectivity index is 1.75. The van der Waals surface area contributed by atoms with Crippen molar-refractivity contribution in [3.8, 4) is 6.07 Å². The quantitative estimate of drug-likeness (QED) is 0.839. The minimum atomic E-state index is 0.743. The number of hydrogen-bond acceptors (Lipinski definition) is 3. The number of nitrogens with zero attached hydrogens (tertiary/aromatic N) is 1. The maximum Gasteiger partial charge on any atom is 0.0991 e. The lowest BCUT2D eigenvalue weighted by atomic mass is 10.1. The molecule has 1 saturated heterocycles. The fourth-order valence-electron chi connectivity index (χ4n) is 1.49. The van der Waals surface area contributed by atoms with Gasteiger partial charge in [0.05, 0.1) is 11.6 Å².